The molecule has 0 spiro atoms. The molecule has 6 heteroatoms. The summed E-state index contributed by atoms with van der Waals surface area (Å²) in [5, 5.41) is 2.76. The summed E-state index contributed by atoms with van der Waals surface area (Å²) in [6.07, 6.45) is 0.845. The second-order valence-corrected chi connectivity index (χ2v) is 7.39. The second kappa shape index (κ2) is 7.49. The van der Waals surface area contributed by atoms with Crippen molar-refractivity contribution in [3.8, 4) is 0 Å². The van der Waals surface area contributed by atoms with E-state index in [9.17, 15) is 13.2 Å². The summed E-state index contributed by atoms with van der Waals surface area (Å²) in [5.74, 6) is -0.205. The van der Waals surface area contributed by atoms with Crippen LogP contribution in [0.3, 0.4) is 0 Å². The Hall–Kier alpha value is -2.34. The van der Waals surface area contributed by atoms with Gasteiger partial charge < -0.3 is 5.32 Å². The van der Waals surface area contributed by atoms with E-state index in [0.29, 0.717) is 17.8 Å². The lowest BCUT2D eigenvalue weighted by Crippen LogP contribution is -2.24. The number of aryl methyl sites for hydroxylation is 2. The van der Waals surface area contributed by atoms with Crippen molar-refractivity contribution in [1.82, 2.24) is 5.32 Å². The Morgan fingerprint density at radius 1 is 1.04 bits per heavy atom. The second-order valence-electron chi connectivity index (χ2n) is 5.70. The summed E-state index contributed by atoms with van der Waals surface area (Å²) in [4.78, 5) is 12.0. The third kappa shape index (κ3) is 4.35. The van der Waals surface area contributed by atoms with Gasteiger partial charge in [0.2, 0.25) is 0 Å². The van der Waals surface area contributed by atoms with Crippen LogP contribution in [0.25, 0.3) is 0 Å². The molecule has 2 aromatic carbocycles. The molecule has 2 aromatic rings. The first-order valence-corrected chi connectivity index (χ1v) is 9.30. The van der Waals surface area contributed by atoms with Crippen molar-refractivity contribution < 1.29 is 13.2 Å². The summed E-state index contributed by atoms with van der Waals surface area (Å²) >= 11 is 0. The minimum absolute atomic E-state index is 0.121. The molecule has 2 rings (SSSR count). The van der Waals surface area contributed by atoms with Gasteiger partial charge in [0.25, 0.3) is 15.9 Å². The highest BCUT2D eigenvalue weighted by Crippen LogP contribution is 2.21. The predicted octanol–water partition coefficient (Wildman–Crippen LogP) is 3.24. The first kappa shape index (κ1) is 18.0. The van der Waals surface area contributed by atoms with Crippen LogP contribution in [-0.2, 0) is 10.0 Å². The maximum Gasteiger partial charge on any atom is 0.261 e. The Kier molecular flexibility index (Phi) is 5.62. The van der Waals surface area contributed by atoms with Gasteiger partial charge >= 0.3 is 0 Å². The smallest absolute Gasteiger partial charge is 0.261 e. The van der Waals surface area contributed by atoms with E-state index in [1.165, 1.54) is 24.3 Å². The van der Waals surface area contributed by atoms with E-state index in [-0.39, 0.29) is 10.8 Å². The lowest BCUT2D eigenvalue weighted by atomic mass is 10.1. The SMILES string of the molecule is CCCNC(=O)c1ccc(S(=O)(=O)Nc2cc(C)ccc2C)cc1. The Labute approximate surface area is 143 Å². The van der Waals surface area contributed by atoms with Crippen LogP contribution in [-0.4, -0.2) is 20.9 Å². The third-order valence-electron chi connectivity index (χ3n) is 3.60. The summed E-state index contributed by atoms with van der Waals surface area (Å²) in [6.45, 7) is 6.31. The van der Waals surface area contributed by atoms with Gasteiger partial charge in [-0.3, -0.25) is 9.52 Å². The molecule has 0 bridgehead atoms. The topological polar surface area (TPSA) is 75.3 Å². The van der Waals surface area contributed by atoms with Gasteiger partial charge in [0.1, 0.15) is 0 Å². The van der Waals surface area contributed by atoms with E-state index in [1.54, 1.807) is 6.07 Å². The Balaban J connectivity index is 2.20. The zero-order valence-corrected chi connectivity index (χ0v) is 14.9. The van der Waals surface area contributed by atoms with Crippen molar-refractivity contribution in [3.63, 3.8) is 0 Å². The van der Waals surface area contributed by atoms with Crippen LogP contribution in [0.1, 0.15) is 34.8 Å². The summed E-state index contributed by atoms with van der Waals surface area (Å²) in [5.41, 5.74) is 2.81. The zero-order valence-electron chi connectivity index (χ0n) is 14.1. The number of hydrogen-bond donors (Lipinski definition) is 2. The van der Waals surface area contributed by atoms with Gasteiger partial charge in [0.05, 0.1) is 10.6 Å². The van der Waals surface area contributed by atoms with Gasteiger partial charge in [0, 0.05) is 12.1 Å². The average molecular weight is 346 g/mol. The van der Waals surface area contributed by atoms with Crippen LogP contribution in [0.15, 0.2) is 47.4 Å². The molecule has 0 unspecified atom stereocenters. The fourth-order valence-electron chi connectivity index (χ4n) is 2.18. The first-order valence-electron chi connectivity index (χ1n) is 7.82. The number of carbonyl (C=O) groups excluding carboxylic acids is 1. The maximum atomic E-state index is 12.5. The van der Waals surface area contributed by atoms with Crippen molar-refractivity contribution in [2.45, 2.75) is 32.1 Å². The molecule has 2 N–H and O–H groups in total. The lowest BCUT2D eigenvalue weighted by molar-refractivity contribution is 0.0953. The van der Waals surface area contributed by atoms with E-state index < -0.39 is 10.0 Å². The third-order valence-corrected chi connectivity index (χ3v) is 4.98. The van der Waals surface area contributed by atoms with Crippen molar-refractivity contribution in [2.24, 2.45) is 0 Å². The van der Waals surface area contributed by atoms with Crippen LogP contribution in [0, 0.1) is 13.8 Å². The minimum Gasteiger partial charge on any atom is -0.352 e. The van der Waals surface area contributed by atoms with Crippen LogP contribution < -0.4 is 10.0 Å². The fraction of sp³-hybridized carbons (Fsp3) is 0.278. The van der Waals surface area contributed by atoms with Crippen molar-refractivity contribution in [1.29, 1.82) is 0 Å². The molecule has 0 aliphatic rings. The van der Waals surface area contributed by atoms with Gasteiger partial charge in [-0.2, -0.15) is 0 Å². The summed E-state index contributed by atoms with van der Waals surface area (Å²) < 4.78 is 27.6. The highest BCUT2D eigenvalue weighted by Gasteiger charge is 2.16. The molecule has 1 amide bonds. The van der Waals surface area contributed by atoms with Gasteiger partial charge in [-0.25, -0.2) is 8.42 Å². The van der Waals surface area contributed by atoms with Crippen LogP contribution >= 0.6 is 0 Å². The molecule has 0 aliphatic heterocycles. The number of nitrogens with one attached hydrogen (secondary N) is 2. The van der Waals surface area contributed by atoms with Gasteiger partial charge in [-0.05, 0) is 61.7 Å². The highest BCUT2D eigenvalue weighted by molar-refractivity contribution is 7.92. The van der Waals surface area contributed by atoms with E-state index in [1.807, 2.05) is 32.9 Å². The van der Waals surface area contributed by atoms with Crippen LogP contribution in [0.5, 0.6) is 0 Å². The minimum atomic E-state index is -3.69. The highest BCUT2D eigenvalue weighted by atomic mass is 32.2. The molecule has 0 saturated heterocycles. The number of benzene rings is 2. The van der Waals surface area contributed by atoms with E-state index in [2.05, 4.69) is 10.0 Å². The molecule has 0 atom stereocenters. The first-order chi connectivity index (χ1) is 11.3. The average Bonchev–Trinajstić information content (AvgIpc) is 2.56. The molecule has 0 radical (unpaired) electrons. The monoisotopic (exact) mass is 346 g/mol. The Morgan fingerprint density at radius 3 is 2.33 bits per heavy atom. The molecule has 128 valence electrons. The molecule has 0 fully saturated rings. The molecule has 0 aromatic heterocycles. The normalized spacial score (nSPS) is 11.1. The standard InChI is InChI=1S/C18H22N2O3S/c1-4-11-19-18(21)15-7-9-16(10-8-15)24(22,23)20-17-12-13(2)5-6-14(17)3/h5-10,12,20H,4,11H2,1-3H3,(H,19,21). The van der Waals surface area contributed by atoms with Crippen molar-refractivity contribution >= 4 is 21.6 Å². The molecule has 0 aliphatic carbocycles. The fourth-order valence-corrected chi connectivity index (χ4v) is 3.30. The maximum absolute atomic E-state index is 12.5. The largest absolute Gasteiger partial charge is 0.352 e. The lowest BCUT2D eigenvalue weighted by Gasteiger charge is -2.12. The number of carbonyl (C=O) groups is 1. The summed E-state index contributed by atoms with van der Waals surface area (Å²) in [7, 11) is -3.69. The number of amides is 1. The molecule has 0 saturated carbocycles. The number of anilines is 1. The van der Waals surface area contributed by atoms with E-state index in [0.717, 1.165) is 17.5 Å². The van der Waals surface area contributed by atoms with Gasteiger partial charge in [-0.15, -0.1) is 0 Å². The molecule has 24 heavy (non-hydrogen) atoms. The number of hydrogen-bond acceptors (Lipinski definition) is 3. The summed E-state index contributed by atoms with van der Waals surface area (Å²) in [6, 6.07) is 11.5. The van der Waals surface area contributed by atoms with E-state index in [4.69, 9.17) is 0 Å². The Morgan fingerprint density at radius 2 is 1.71 bits per heavy atom. The molecular formula is C18H22N2O3S. The van der Waals surface area contributed by atoms with Crippen LogP contribution in [0.2, 0.25) is 0 Å². The van der Waals surface area contributed by atoms with Crippen molar-refractivity contribution in [2.75, 3.05) is 11.3 Å². The molecule has 5 nitrogen and oxygen atoms in total. The Bertz CT molecular complexity index is 828. The van der Waals surface area contributed by atoms with E-state index >= 15 is 0 Å². The van der Waals surface area contributed by atoms with Gasteiger partial charge in [0.15, 0.2) is 0 Å². The zero-order chi connectivity index (χ0) is 17.7. The molecule has 0 heterocycles. The predicted molar refractivity (Wildman–Crippen MR) is 95.8 cm³/mol. The van der Waals surface area contributed by atoms with Crippen molar-refractivity contribution in [3.05, 3.63) is 59.2 Å². The van der Waals surface area contributed by atoms with Gasteiger partial charge in [-0.1, -0.05) is 19.1 Å². The molecular weight excluding hydrogens is 324 g/mol. The van der Waals surface area contributed by atoms with Crippen LogP contribution in [0.4, 0.5) is 5.69 Å². The number of sulfonamides is 1. The quantitative estimate of drug-likeness (QED) is 0.843. The number of rotatable bonds is 6.